The van der Waals surface area contributed by atoms with E-state index in [4.69, 9.17) is 4.74 Å². The standard InChI is InChI=1S/C25H34BF3N4O5/c1-24(2,33-11-9-25(28,29)16-33)13-18(14-30)22(34)32-10-3-4-20(15-32)38-23(35)31-21(26(36)37)12-17-5-7-19(27)8-6-17/h5-8,18,20-21,36-37H,3-4,9-13,15-16H2,1-2H3,(H,31,35). The molecule has 0 saturated carbocycles. The SMILES string of the molecule is CC(C)(CC(C#N)C(=O)N1CCCC(OC(=O)NC(Cc2ccc(F)cc2)B(O)O)C1)N1CCC(F)(F)C1. The Morgan fingerprint density at radius 3 is 2.55 bits per heavy atom. The number of nitrogens with one attached hydrogen (secondary N) is 1. The predicted molar refractivity (Wildman–Crippen MR) is 132 cm³/mol. The molecule has 3 N–H and O–H groups in total. The van der Waals surface area contributed by atoms with E-state index in [-0.39, 0.29) is 32.4 Å². The average molecular weight is 538 g/mol. The molecule has 3 rings (SSSR count). The number of rotatable bonds is 9. The molecule has 2 heterocycles. The second kappa shape index (κ2) is 12.4. The van der Waals surface area contributed by atoms with Crippen LogP contribution in [0, 0.1) is 23.1 Å². The van der Waals surface area contributed by atoms with Crippen molar-refractivity contribution in [3.8, 4) is 6.07 Å². The average Bonchev–Trinajstić information content (AvgIpc) is 3.23. The van der Waals surface area contributed by atoms with Crippen LogP contribution in [-0.4, -0.2) is 88.7 Å². The summed E-state index contributed by atoms with van der Waals surface area (Å²) in [4.78, 5) is 28.7. The molecule has 2 amide bonds. The highest BCUT2D eigenvalue weighted by atomic mass is 19.3. The van der Waals surface area contributed by atoms with Crippen molar-refractivity contribution in [2.45, 2.75) is 69.5 Å². The lowest BCUT2D eigenvalue weighted by molar-refractivity contribution is -0.138. The number of nitriles is 1. The fourth-order valence-electron chi connectivity index (χ4n) is 4.97. The molecule has 0 spiro atoms. The van der Waals surface area contributed by atoms with Crippen LogP contribution < -0.4 is 5.32 Å². The van der Waals surface area contributed by atoms with Crippen molar-refractivity contribution < 1.29 is 37.5 Å². The molecule has 3 unspecified atom stereocenters. The van der Waals surface area contributed by atoms with Gasteiger partial charge in [-0.15, -0.1) is 0 Å². The summed E-state index contributed by atoms with van der Waals surface area (Å²) in [6.45, 7) is 3.69. The highest BCUT2D eigenvalue weighted by molar-refractivity contribution is 6.43. The third-order valence-corrected chi connectivity index (χ3v) is 7.18. The van der Waals surface area contributed by atoms with E-state index < -0.39 is 60.9 Å². The summed E-state index contributed by atoms with van der Waals surface area (Å²) < 4.78 is 46.0. The van der Waals surface area contributed by atoms with Crippen molar-refractivity contribution >= 4 is 19.1 Å². The monoisotopic (exact) mass is 538 g/mol. The minimum absolute atomic E-state index is 0.0188. The van der Waals surface area contributed by atoms with E-state index in [1.165, 1.54) is 29.2 Å². The molecule has 0 bridgehead atoms. The number of piperidine rings is 1. The lowest BCUT2D eigenvalue weighted by atomic mass is 9.76. The number of nitrogens with zero attached hydrogens (tertiary/aromatic N) is 3. The van der Waals surface area contributed by atoms with Crippen LogP contribution in [0.15, 0.2) is 24.3 Å². The summed E-state index contributed by atoms with van der Waals surface area (Å²) in [5.41, 5.74) is -0.214. The Morgan fingerprint density at radius 2 is 1.97 bits per heavy atom. The Labute approximate surface area is 220 Å². The van der Waals surface area contributed by atoms with Gasteiger partial charge in [0.15, 0.2) is 0 Å². The zero-order valence-corrected chi connectivity index (χ0v) is 21.6. The first-order chi connectivity index (χ1) is 17.8. The molecule has 0 radical (unpaired) electrons. The number of carbonyl (C=O) groups excluding carboxylic acids is 2. The number of hydrogen-bond acceptors (Lipinski definition) is 7. The van der Waals surface area contributed by atoms with Gasteiger partial charge in [-0.2, -0.15) is 5.26 Å². The molecule has 3 atom stereocenters. The highest BCUT2D eigenvalue weighted by Crippen LogP contribution is 2.35. The van der Waals surface area contributed by atoms with Gasteiger partial charge >= 0.3 is 13.2 Å². The van der Waals surface area contributed by atoms with Crippen LogP contribution in [0.3, 0.4) is 0 Å². The van der Waals surface area contributed by atoms with E-state index in [0.717, 1.165) is 0 Å². The second-order valence-corrected chi connectivity index (χ2v) is 10.7. The van der Waals surface area contributed by atoms with E-state index in [9.17, 15) is 38.1 Å². The first kappa shape index (κ1) is 29.7. The second-order valence-electron chi connectivity index (χ2n) is 10.7. The largest absolute Gasteiger partial charge is 0.475 e. The molecule has 13 heteroatoms. The molecule has 0 aliphatic carbocycles. The maximum absolute atomic E-state index is 13.7. The molecular formula is C25H34BF3N4O5. The topological polar surface area (TPSA) is 126 Å². The number of alkyl carbamates (subject to hydrolysis) is 1. The smallest absolute Gasteiger partial charge is 0.444 e. The van der Waals surface area contributed by atoms with E-state index >= 15 is 0 Å². The molecule has 2 fully saturated rings. The summed E-state index contributed by atoms with van der Waals surface area (Å²) in [6.07, 6.45) is -0.756. The van der Waals surface area contributed by atoms with Gasteiger partial charge < -0.3 is 25.0 Å². The first-order valence-electron chi connectivity index (χ1n) is 12.7. The fraction of sp³-hybridized carbons (Fsp3) is 0.640. The molecule has 9 nitrogen and oxygen atoms in total. The highest BCUT2D eigenvalue weighted by Gasteiger charge is 2.45. The number of hydrogen-bond donors (Lipinski definition) is 3. The predicted octanol–water partition coefficient (Wildman–Crippen LogP) is 2.12. The molecule has 2 aliphatic rings. The number of halogens is 3. The van der Waals surface area contributed by atoms with Crippen LogP contribution in [0.5, 0.6) is 0 Å². The Bertz CT molecular complexity index is 1020. The van der Waals surface area contributed by atoms with Gasteiger partial charge in [-0.25, -0.2) is 18.0 Å². The van der Waals surface area contributed by atoms with Gasteiger partial charge in [-0.1, -0.05) is 12.1 Å². The quantitative estimate of drug-likeness (QED) is 0.412. The van der Waals surface area contributed by atoms with Gasteiger partial charge in [-0.3, -0.25) is 9.69 Å². The number of alkyl halides is 2. The van der Waals surface area contributed by atoms with Gasteiger partial charge in [0.2, 0.25) is 5.91 Å². The normalized spacial score (nSPS) is 21.3. The Balaban J connectivity index is 1.55. The molecular weight excluding hydrogens is 504 g/mol. The maximum Gasteiger partial charge on any atom is 0.475 e. The molecule has 38 heavy (non-hydrogen) atoms. The zero-order valence-electron chi connectivity index (χ0n) is 21.6. The van der Waals surface area contributed by atoms with Crippen molar-refractivity contribution in [2.75, 3.05) is 26.2 Å². The summed E-state index contributed by atoms with van der Waals surface area (Å²) >= 11 is 0. The van der Waals surface area contributed by atoms with Gasteiger partial charge in [0.25, 0.3) is 5.92 Å². The van der Waals surface area contributed by atoms with Crippen LogP contribution in [0.4, 0.5) is 18.0 Å². The minimum atomic E-state index is -2.79. The third-order valence-electron chi connectivity index (χ3n) is 7.18. The van der Waals surface area contributed by atoms with Crippen molar-refractivity contribution in [3.05, 3.63) is 35.6 Å². The van der Waals surface area contributed by atoms with Gasteiger partial charge in [0.05, 0.1) is 25.1 Å². The van der Waals surface area contributed by atoms with Crippen LogP contribution in [0.25, 0.3) is 0 Å². The van der Waals surface area contributed by atoms with E-state index in [0.29, 0.717) is 24.9 Å². The first-order valence-corrected chi connectivity index (χ1v) is 12.7. The molecule has 0 aromatic heterocycles. The number of benzene rings is 1. The Morgan fingerprint density at radius 1 is 1.29 bits per heavy atom. The van der Waals surface area contributed by atoms with Crippen LogP contribution >= 0.6 is 0 Å². The number of carbonyl (C=O) groups is 2. The number of amides is 2. The number of likely N-dealkylation sites (tertiary alicyclic amines) is 2. The lowest BCUT2D eigenvalue weighted by Crippen LogP contribution is -2.51. The minimum Gasteiger partial charge on any atom is -0.444 e. The zero-order chi connectivity index (χ0) is 28.1. The molecule has 1 aromatic carbocycles. The van der Waals surface area contributed by atoms with E-state index in [1.54, 1.807) is 18.7 Å². The molecule has 208 valence electrons. The van der Waals surface area contributed by atoms with E-state index in [1.807, 2.05) is 6.07 Å². The van der Waals surface area contributed by atoms with Crippen LogP contribution in [-0.2, 0) is 16.0 Å². The van der Waals surface area contributed by atoms with Crippen LogP contribution in [0.1, 0.15) is 45.1 Å². The summed E-state index contributed by atoms with van der Waals surface area (Å²) in [5, 5.41) is 31.4. The summed E-state index contributed by atoms with van der Waals surface area (Å²) in [7, 11) is -1.90. The van der Waals surface area contributed by atoms with Crippen molar-refractivity contribution in [2.24, 2.45) is 5.92 Å². The van der Waals surface area contributed by atoms with Crippen molar-refractivity contribution in [1.29, 1.82) is 5.26 Å². The third kappa shape index (κ3) is 8.09. The Kier molecular flexibility index (Phi) is 9.67. The maximum atomic E-state index is 13.7. The van der Waals surface area contributed by atoms with Crippen molar-refractivity contribution in [1.82, 2.24) is 15.1 Å². The van der Waals surface area contributed by atoms with Gasteiger partial charge in [-0.05, 0) is 57.2 Å². The summed E-state index contributed by atoms with van der Waals surface area (Å²) in [5.74, 6) is -5.83. The lowest BCUT2D eigenvalue weighted by Gasteiger charge is -2.38. The molecule has 2 aliphatic heterocycles. The molecule has 1 aromatic rings. The number of ether oxygens (including phenoxy) is 1. The van der Waals surface area contributed by atoms with Gasteiger partial charge in [0, 0.05) is 25.0 Å². The van der Waals surface area contributed by atoms with Crippen LogP contribution in [0.2, 0.25) is 0 Å². The van der Waals surface area contributed by atoms with E-state index in [2.05, 4.69) is 5.32 Å². The fourth-order valence-corrected chi connectivity index (χ4v) is 4.97. The Hall–Kier alpha value is -2.82. The molecule has 2 saturated heterocycles. The van der Waals surface area contributed by atoms with Gasteiger partial charge in [0.1, 0.15) is 17.8 Å². The van der Waals surface area contributed by atoms with Crippen molar-refractivity contribution in [3.63, 3.8) is 0 Å². The summed E-state index contributed by atoms with van der Waals surface area (Å²) in [6, 6.07) is 7.38.